The maximum atomic E-state index is 9.07. The van der Waals surface area contributed by atoms with E-state index in [-0.39, 0.29) is 6.04 Å². The van der Waals surface area contributed by atoms with Crippen molar-refractivity contribution in [1.82, 2.24) is 0 Å². The Morgan fingerprint density at radius 2 is 2.29 bits per heavy atom. The third-order valence-electron chi connectivity index (χ3n) is 2.90. The Morgan fingerprint density at radius 3 is 2.71 bits per heavy atom. The summed E-state index contributed by atoms with van der Waals surface area (Å²) in [5.41, 5.74) is 7.26. The van der Waals surface area contributed by atoms with Crippen LogP contribution in [-0.2, 0) is 5.41 Å². The van der Waals surface area contributed by atoms with Gasteiger partial charge >= 0.3 is 0 Å². The van der Waals surface area contributed by atoms with Gasteiger partial charge < -0.3 is 5.73 Å². The second kappa shape index (κ2) is 2.98. The smallest absolute Gasteiger partial charge is 0.0989 e. The van der Waals surface area contributed by atoms with Crippen molar-refractivity contribution in [2.75, 3.05) is 0 Å². The van der Waals surface area contributed by atoms with Crippen molar-refractivity contribution in [3.8, 4) is 6.07 Å². The van der Waals surface area contributed by atoms with Crippen LogP contribution in [0.3, 0.4) is 0 Å². The van der Waals surface area contributed by atoms with Crippen LogP contribution in [0.15, 0.2) is 18.2 Å². The van der Waals surface area contributed by atoms with Crippen LogP contribution in [0.1, 0.15) is 17.5 Å². The molecule has 3 heteroatoms. The normalized spacial score (nSPS) is 29.7. The fraction of sp³-hybridized carbons (Fsp3) is 0.364. The molecule has 2 atom stereocenters. The van der Waals surface area contributed by atoms with E-state index < -0.39 is 5.41 Å². The van der Waals surface area contributed by atoms with Gasteiger partial charge in [0.2, 0.25) is 0 Å². The van der Waals surface area contributed by atoms with Crippen LogP contribution in [0, 0.1) is 18.3 Å². The van der Waals surface area contributed by atoms with Gasteiger partial charge in [0.25, 0.3) is 0 Å². The van der Waals surface area contributed by atoms with E-state index in [2.05, 4.69) is 6.07 Å². The van der Waals surface area contributed by atoms with E-state index in [1.165, 1.54) is 0 Å². The third kappa shape index (κ3) is 1.21. The van der Waals surface area contributed by atoms with E-state index in [0.29, 0.717) is 5.02 Å². The van der Waals surface area contributed by atoms with E-state index in [1.807, 2.05) is 25.1 Å². The molecule has 2 N–H and O–H groups in total. The molecule has 0 amide bonds. The number of hydrogen-bond acceptors (Lipinski definition) is 2. The van der Waals surface area contributed by atoms with Crippen molar-refractivity contribution in [1.29, 1.82) is 5.26 Å². The fourth-order valence-electron chi connectivity index (χ4n) is 1.68. The lowest BCUT2D eigenvalue weighted by Gasteiger charge is -2.08. The molecule has 2 nitrogen and oxygen atoms in total. The molecule has 0 unspecified atom stereocenters. The average molecular weight is 207 g/mol. The first-order valence-corrected chi connectivity index (χ1v) is 4.91. The Balaban J connectivity index is 2.44. The summed E-state index contributed by atoms with van der Waals surface area (Å²) in [5.74, 6) is 0. The summed E-state index contributed by atoms with van der Waals surface area (Å²) in [7, 11) is 0. The SMILES string of the molecule is Cc1ccc([C@@]2(C#N)C[C@H]2N)cc1Cl. The topological polar surface area (TPSA) is 49.8 Å². The van der Waals surface area contributed by atoms with Gasteiger partial charge in [-0.05, 0) is 30.5 Å². The number of benzene rings is 1. The molecule has 1 aromatic carbocycles. The van der Waals surface area contributed by atoms with E-state index in [1.54, 1.807) is 0 Å². The van der Waals surface area contributed by atoms with E-state index in [9.17, 15) is 0 Å². The maximum absolute atomic E-state index is 9.07. The molecule has 1 aliphatic rings. The van der Waals surface area contributed by atoms with Crippen LogP contribution in [0.25, 0.3) is 0 Å². The zero-order chi connectivity index (χ0) is 10.3. The van der Waals surface area contributed by atoms with E-state index in [4.69, 9.17) is 22.6 Å². The van der Waals surface area contributed by atoms with Gasteiger partial charge in [-0.3, -0.25) is 0 Å². The maximum Gasteiger partial charge on any atom is 0.0989 e. The van der Waals surface area contributed by atoms with Crippen molar-refractivity contribution in [2.45, 2.75) is 24.8 Å². The first kappa shape index (κ1) is 9.51. The molecular formula is C11H11ClN2. The number of nitrogens with two attached hydrogens (primary N) is 1. The Hall–Kier alpha value is -1.04. The highest BCUT2D eigenvalue weighted by Crippen LogP contribution is 2.47. The van der Waals surface area contributed by atoms with E-state index >= 15 is 0 Å². The lowest BCUT2D eigenvalue weighted by atomic mass is 9.96. The second-order valence-electron chi connectivity index (χ2n) is 3.86. The number of rotatable bonds is 1. The van der Waals surface area contributed by atoms with Gasteiger partial charge in [0.05, 0.1) is 11.5 Å². The highest BCUT2D eigenvalue weighted by Gasteiger charge is 2.54. The van der Waals surface area contributed by atoms with Crippen LogP contribution in [0.5, 0.6) is 0 Å². The van der Waals surface area contributed by atoms with Crippen molar-refractivity contribution in [3.63, 3.8) is 0 Å². The van der Waals surface area contributed by atoms with Gasteiger partial charge in [0.1, 0.15) is 0 Å². The molecule has 1 aromatic rings. The minimum Gasteiger partial charge on any atom is -0.326 e. The zero-order valence-corrected chi connectivity index (χ0v) is 8.67. The zero-order valence-electron chi connectivity index (χ0n) is 7.92. The summed E-state index contributed by atoms with van der Waals surface area (Å²) in [6.07, 6.45) is 0.739. The Labute approximate surface area is 88.3 Å². The molecular weight excluding hydrogens is 196 g/mol. The summed E-state index contributed by atoms with van der Waals surface area (Å²) >= 11 is 6.00. The highest BCUT2D eigenvalue weighted by molar-refractivity contribution is 6.31. The summed E-state index contributed by atoms with van der Waals surface area (Å²) in [6.45, 7) is 1.94. The van der Waals surface area contributed by atoms with Gasteiger partial charge in [-0.1, -0.05) is 23.7 Å². The highest BCUT2D eigenvalue weighted by atomic mass is 35.5. The predicted molar refractivity (Wildman–Crippen MR) is 56.1 cm³/mol. The summed E-state index contributed by atoms with van der Waals surface area (Å²) in [5, 5.41) is 9.77. The van der Waals surface area contributed by atoms with Crippen LogP contribution in [-0.4, -0.2) is 6.04 Å². The molecule has 0 aromatic heterocycles. The first-order chi connectivity index (χ1) is 6.60. The van der Waals surface area contributed by atoms with Crippen LogP contribution in [0.2, 0.25) is 5.02 Å². The molecule has 0 spiro atoms. The number of nitriles is 1. The fourth-order valence-corrected chi connectivity index (χ4v) is 1.86. The predicted octanol–water partition coefficient (Wildman–Crippen LogP) is 2.14. The first-order valence-electron chi connectivity index (χ1n) is 4.53. The molecule has 1 fully saturated rings. The Morgan fingerprint density at radius 1 is 1.64 bits per heavy atom. The van der Waals surface area contributed by atoms with Crippen molar-refractivity contribution in [2.24, 2.45) is 5.73 Å². The Bertz CT molecular complexity index is 422. The van der Waals surface area contributed by atoms with Gasteiger partial charge in [0, 0.05) is 11.1 Å². The van der Waals surface area contributed by atoms with E-state index in [0.717, 1.165) is 17.5 Å². The number of nitrogens with zero attached hydrogens (tertiary/aromatic N) is 1. The largest absolute Gasteiger partial charge is 0.326 e. The Kier molecular flexibility index (Phi) is 2.02. The average Bonchev–Trinajstić information content (AvgIpc) is 2.83. The lowest BCUT2D eigenvalue weighted by molar-refractivity contribution is 0.842. The molecule has 1 saturated carbocycles. The molecule has 0 heterocycles. The van der Waals surface area contributed by atoms with Crippen LogP contribution < -0.4 is 5.73 Å². The van der Waals surface area contributed by atoms with Crippen molar-refractivity contribution in [3.05, 3.63) is 34.3 Å². The summed E-state index contributed by atoms with van der Waals surface area (Å²) in [4.78, 5) is 0. The minimum absolute atomic E-state index is 0.0359. The molecule has 0 saturated heterocycles. The molecule has 1 aliphatic carbocycles. The number of aryl methyl sites for hydroxylation is 1. The molecule has 14 heavy (non-hydrogen) atoms. The minimum atomic E-state index is -0.475. The molecule has 0 bridgehead atoms. The van der Waals surface area contributed by atoms with Crippen molar-refractivity contribution >= 4 is 11.6 Å². The monoisotopic (exact) mass is 206 g/mol. The molecule has 72 valence electrons. The quantitative estimate of drug-likeness (QED) is 0.766. The van der Waals surface area contributed by atoms with Gasteiger partial charge in [0.15, 0.2) is 0 Å². The lowest BCUT2D eigenvalue weighted by Crippen LogP contribution is -2.16. The standard InChI is InChI=1S/C11H11ClN2/c1-7-2-3-8(4-9(7)12)11(6-13)5-10(11)14/h2-4,10H,5,14H2,1H3/t10-,11+/m1/s1. The molecule has 0 radical (unpaired) electrons. The van der Waals surface area contributed by atoms with Gasteiger partial charge in [-0.2, -0.15) is 5.26 Å². The number of halogens is 1. The van der Waals surface area contributed by atoms with Crippen molar-refractivity contribution < 1.29 is 0 Å². The third-order valence-corrected chi connectivity index (χ3v) is 3.31. The summed E-state index contributed by atoms with van der Waals surface area (Å²) < 4.78 is 0. The van der Waals surface area contributed by atoms with Gasteiger partial charge in [-0.25, -0.2) is 0 Å². The summed E-state index contributed by atoms with van der Waals surface area (Å²) in [6, 6.07) is 7.97. The van der Waals surface area contributed by atoms with Gasteiger partial charge in [-0.15, -0.1) is 0 Å². The number of hydrogen-bond donors (Lipinski definition) is 1. The second-order valence-corrected chi connectivity index (χ2v) is 4.26. The molecule has 2 rings (SSSR count). The molecule has 0 aliphatic heterocycles. The van der Waals surface area contributed by atoms with Crippen LogP contribution in [0.4, 0.5) is 0 Å². The van der Waals surface area contributed by atoms with Crippen LogP contribution >= 0.6 is 11.6 Å².